The number of nitrogens with one attached hydrogen (secondary N) is 1. The van der Waals surface area contributed by atoms with E-state index in [1.54, 1.807) is 4.90 Å². The Balaban J connectivity index is 2.12. The van der Waals surface area contributed by atoms with Crippen molar-refractivity contribution in [2.45, 2.75) is 26.4 Å². The van der Waals surface area contributed by atoms with Crippen LogP contribution in [0.5, 0.6) is 0 Å². The summed E-state index contributed by atoms with van der Waals surface area (Å²) in [7, 11) is 0. The Bertz CT molecular complexity index is 442. The van der Waals surface area contributed by atoms with Crippen LogP contribution < -0.4 is 5.32 Å². The molecule has 1 N–H and O–H groups in total. The highest BCUT2D eigenvalue weighted by Gasteiger charge is 2.34. The molecule has 1 aliphatic heterocycles. The second-order valence-electron chi connectivity index (χ2n) is 4.97. The molecule has 1 atom stereocenters. The van der Waals surface area contributed by atoms with Crippen LogP contribution in [0.3, 0.4) is 0 Å². The van der Waals surface area contributed by atoms with E-state index in [0.29, 0.717) is 6.54 Å². The van der Waals surface area contributed by atoms with Crippen molar-refractivity contribution in [3.63, 3.8) is 0 Å². The first-order chi connectivity index (χ1) is 8.58. The molecule has 18 heavy (non-hydrogen) atoms. The summed E-state index contributed by atoms with van der Waals surface area (Å²) in [5.41, 5.74) is 1.04. The van der Waals surface area contributed by atoms with Crippen LogP contribution in [-0.2, 0) is 16.1 Å². The van der Waals surface area contributed by atoms with Gasteiger partial charge in [0.2, 0.25) is 11.8 Å². The van der Waals surface area contributed by atoms with Crippen molar-refractivity contribution in [1.82, 2.24) is 10.2 Å². The van der Waals surface area contributed by atoms with Gasteiger partial charge < -0.3 is 10.2 Å². The van der Waals surface area contributed by atoms with Crippen molar-refractivity contribution in [2.75, 3.05) is 6.54 Å². The number of benzene rings is 1. The molecule has 0 radical (unpaired) electrons. The molecule has 1 heterocycles. The third-order valence-electron chi connectivity index (χ3n) is 3.11. The Morgan fingerprint density at radius 3 is 2.56 bits per heavy atom. The number of hydrogen-bond donors (Lipinski definition) is 1. The van der Waals surface area contributed by atoms with Crippen LogP contribution in [0.2, 0.25) is 0 Å². The number of hydrogen-bond acceptors (Lipinski definition) is 2. The van der Waals surface area contributed by atoms with E-state index in [4.69, 9.17) is 0 Å². The van der Waals surface area contributed by atoms with E-state index >= 15 is 0 Å². The molecule has 2 amide bonds. The molecule has 4 nitrogen and oxygen atoms in total. The summed E-state index contributed by atoms with van der Waals surface area (Å²) in [5.74, 6) is 0.0395. The van der Waals surface area contributed by atoms with Crippen LogP contribution in [0.25, 0.3) is 0 Å². The minimum Gasteiger partial charge on any atom is -0.343 e. The Labute approximate surface area is 107 Å². The molecule has 0 unspecified atom stereocenters. The third-order valence-corrected chi connectivity index (χ3v) is 3.11. The number of carbonyl (C=O) groups is 2. The van der Waals surface area contributed by atoms with Gasteiger partial charge in [-0.05, 0) is 11.5 Å². The molecular formula is C14H18N2O2. The molecule has 0 aromatic heterocycles. The van der Waals surface area contributed by atoms with E-state index in [2.05, 4.69) is 5.32 Å². The average Bonchev–Trinajstić information content (AvgIpc) is 2.34. The fourth-order valence-electron chi connectivity index (χ4n) is 2.12. The Hall–Kier alpha value is -1.84. The quantitative estimate of drug-likeness (QED) is 0.870. The Morgan fingerprint density at radius 1 is 1.28 bits per heavy atom. The minimum atomic E-state index is -0.394. The number of nitrogens with zero attached hydrogens (tertiary/aromatic N) is 1. The number of carbonyl (C=O) groups excluding carboxylic acids is 2. The van der Waals surface area contributed by atoms with Crippen LogP contribution in [0.15, 0.2) is 30.3 Å². The smallest absolute Gasteiger partial charge is 0.246 e. The van der Waals surface area contributed by atoms with Crippen molar-refractivity contribution in [3.05, 3.63) is 35.9 Å². The first kappa shape index (κ1) is 12.6. The first-order valence-electron chi connectivity index (χ1n) is 6.20. The lowest BCUT2D eigenvalue weighted by atomic mass is 10.0. The summed E-state index contributed by atoms with van der Waals surface area (Å²) in [6.07, 6.45) is 0. The molecule has 0 aliphatic carbocycles. The van der Waals surface area contributed by atoms with Crippen LogP contribution in [0, 0.1) is 5.92 Å². The standard InChI is InChI=1S/C14H18N2O2/c1-10(2)13-14(18)16(9-12(17)15-13)8-11-6-4-3-5-7-11/h3-7,10,13H,8-9H2,1-2H3,(H,15,17)/t13-/m0/s1. The molecular weight excluding hydrogens is 228 g/mol. The fraction of sp³-hybridized carbons (Fsp3) is 0.429. The van der Waals surface area contributed by atoms with Crippen molar-refractivity contribution >= 4 is 11.8 Å². The van der Waals surface area contributed by atoms with Crippen molar-refractivity contribution in [3.8, 4) is 0 Å². The lowest BCUT2D eigenvalue weighted by Crippen LogP contribution is -2.59. The Kier molecular flexibility index (Phi) is 3.65. The highest BCUT2D eigenvalue weighted by atomic mass is 16.2. The summed E-state index contributed by atoms with van der Waals surface area (Å²) in [6.45, 7) is 4.52. The summed E-state index contributed by atoms with van der Waals surface area (Å²) < 4.78 is 0. The molecule has 4 heteroatoms. The van der Waals surface area contributed by atoms with Gasteiger partial charge in [-0.1, -0.05) is 44.2 Å². The van der Waals surface area contributed by atoms with E-state index in [-0.39, 0.29) is 24.3 Å². The molecule has 1 fully saturated rings. The van der Waals surface area contributed by atoms with Gasteiger partial charge in [-0.2, -0.15) is 0 Å². The summed E-state index contributed by atoms with van der Waals surface area (Å²) in [4.78, 5) is 25.5. The van der Waals surface area contributed by atoms with Crippen molar-refractivity contribution < 1.29 is 9.59 Å². The van der Waals surface area contributed by atoms with Crippen LogP contribution in [0.1, 0.15) is 19.4 Å². The van der Waals surface area contributed by atoms with Crippen LogP contribution in [0.4, 0.5) is 0 Å². The summed E-state index contributed by atoms with van der Waals surface area (Å²) in [6, 6.07) is 9.34. The highest BCUT2D eigenvalue weighted by Crippen LogP contribution is 2.13. The highest BCUT2D eigenvalue weighted by molar-refractivity contribution is 5.94. The largest absolute Gasteiger partial charge is 0.343 e. The zero-order valence-electron chi connectivity index (χ0n) is 10.7. The van der Waals surface area contributed by atoms with Gasteiger partial charge in [0.15, 0.2) is 0 Å². The van der Waals surface area contributed by atoms with Gasteiger partial charge >= 0.3 is 0 Å². The molecule has 1 aromatic rings. The lowest BCUT2D eigenvalue weighted by molar-refractivity contribution is -0.146. The van der Waals surface area contributed by atoms with E-state index in [0.717, 1.165) is 5.56 Å². The molecule has 1 saturated heterocycles. The average molecular weight is 246 g/mol. The monoisotopic (exact) mass is 246 g/mol. The van der Waals surface area contributed by atoms with Crippen LogP contribution >= 0.6 is 0 Å². The Morgan fingerprint density at radius 2 is 1.94 bits per heavy atom. The van der Waals surface area contributed by atoms with Crippen LogP contribution in [-0.4, -0.2) is 29.3 Å². The van der Waals surface area contributed by atoms with Gasteiger partial charge in [0.25, 0.3) is 0 Å². The predicted octanol–water partition coefficient (Wildman–Crippen LogP) is 1.17. The van der Waals surface area contributed by atoms with Gasteiger partial charge in [-0.15, -0.1) is 0 Å². The maximum Gasteiger partial charge on any atom is 0.246 e. The molecule has 96 valence electrons. The van der Waals surface area contributed by atoms with E-state index in [1.165, 1.54) is 0 Å². The molecule has 1 aliphatic rings. The zero-order valence-corrected chi connectivity index (χ0v) is 10.7. The second kappa shape index (κ2) is 5.21. The fourth-order valence-corrected chi connectivity index (χ4v) is 2.12. The molecule has 0 saturated carbocycles. The van der Waals surface area contributed by atoms with Gasteiger partial charge in [0, 0.05) is 6.54 Å². The third kappa shape index (κ3) is 2.70. The normalized spacial score (nSPS) is 20.2. The molecule has 0 spiro atoms. The van der Waals surface area contributed by atoms with Gasteiger partial charge in [-0.3, -0.25) is 9.59 Å². The van der Waals surface area contributed by atoms with E-state index < -0.39 is 6.04 Å². The number of amides is 2. The van der Waals surface area contributed by atoms with Gasteiger partial charge in [0.1, 0.15) is 6.04 Å². The number of piperazine rings is 1. The summed E-state index contributed by atoms with van der Waals surface area (Å²) in [5, 5.41) is 2.75. The van der Waals surface area contributed by atoms with E-state index in [9.17, 15) is 9.59 Å². The summed E-state index contributed by atoms with van der Waals surface area (Å²) >= 11 is 0. The predicted molar refractivity (Wildman–Crippen MR) is 68.6 cm³/mol. The van der Waals surface area contributed by atoms with Crippen molar-refractivity contribution in [1.29, 1.82) is 0 Å². The maximum absolute atomic E-state index is 12.2. The van der Waals surface area contributed by atoms with Gasteiger partial charge in [-0.25, -0.2) is 0 Å². The molecule has 1 aromatic carbocycles. The molecule has 2 rings (SSSR count). The molecule has 0 bridgehead atoms. The number of rotatable bonds is 3. The topological polar surface area (TPSA) is 49.4 Å². The first-order valence-corrected chi connectivity index (χ1v) is 6.20. The van der Waals surface area contributed by atoms with Crippen molar-refractivity contribution in [2.24, 2.45) is 5.92 Å². The van der Waals surface area contributed by atoms with Gasteiger partial charge in [0.05, 0.1) is 6.54 Å². The minimum absolute atomic E-state index is 0.00783. The SMILES string of the molecule is CC(C)[C@@H]1NC(=O)CN(Cc2ccccc2)C1=O. The zero-order chi connectivity index (χ0) is 13.1. The van der Waals surface area contributed by atoms with E-state index in [1.807, 2.05) is 44.2 Å². The maximum atomic E-state index is 12.2. The second-order valence-corrected chi connectivity index (χ2v) is 4.97. The lowest BCUT2D eigenvalue weighted by Gasteiger charge is -2.34.